The highest BCUT2D eigenvalue weighted by atomic mass is 19.1. The van der Waals surface area contributed by atoms with E-state index >= 15 is 0 Å². The summed E-state index contributed by atoms with van der Waals surface area (Å²) in [6.45, 7) is 0.902. The maximum atomic E-state index is 12.8. The molecule has 1 aromatic rings. The Hall–Kier alpha value is -1.09. The first kappa shape index (κ1) is 9.99. The molecule has 0 aliphatic rings. The summed E-state index contributed by atoms with van der Waals surface area (Å²) in [6, 6.07) is 6.43. The van der Waals surface area contributed by atoms with Gasteiger partial charge in [-0.2, -0.15) is 0 Å². The molecule has 0 aromatic heterocycles. The lowest BCUT2D eigenvalue weighted by atomic mass is 10.3. The molecule has 0 bridgehead atoms. The average molecular weight is 183 g/mol. The van der Waals surface area contributed by atoms with Gasteiger partial charge in [-0.05, 0) is 24.6 Å². The number of hydrogen-bond donors (Lipinski definition) is 1. The van der Waals surface area contributed by atoms with Crippen molar-refractivity contribution in [3.05, 3.63) is 30.1 Å². The number of nitrogens with zero attached hydrogens (tertiary/aromatic N) is 1. The van der Waals surface area contributed by atoms with Crippen LogP contribution in [0.15, 0.2) is 24.3 Å². The minimum atomic E-state index is -0.228. The highest BCUT2D eigenvalue weighted by Gasteiger charge is 2.00. The molecule has 1 rings (SSSR count). The van der Waals surface area contributed by atoms with Crippen LogP contribution in [-0.4, -0.2) is 25.3 Å². The molecule has 0 fully saturated rings. The standard InChI is InChI=1S/C10H14FNO/c1-12(6-3-7-13)10-5-2-4-9(11)8-10/h2,4-5,8,13H,3,6-7H2,1H3. The second kappa shape index (κ2) is 4.82. The lowest BCUT2D eigenvalue weighted by molar-refractivity contribution is 0.290. The van der Waals surface area contributed by atoms with Crippen LogP contribution in [0.5, 0.6) is 0 Å². The molecule has 2 nitrogen and oxygen atoms in total. The fourth-order valence-electron chi connectivity index (χ4n) is 1.15. The van der Waals surface area contributed by atoms with E-state index in [0.717, 1.165) is 12.2 Å². The normalized spacial score (nSPS) is 10.1. The quantitative estimate of drug-likeness (QED) is 0.767. The summed E-state index contributed by atoms with van der Waals surface area (Å²) in [7, 11) is 1.88. The molecule has 0 unspecified atom stereocenters. The highest BCUT2D eigenvalue weighted by Crippen LogP contribution is 2.13. The summed E-state index contributed by atoms with van der Waals surface area (Å²) < 4.78 is 12.8. The van der Waals surface area contributed by atoms with Crippen molar-refractivity contribution in [2.24, 2.45) is 0 Å². The van der Waals surface area contributed by atoms with Gasteiger partial charge in [0, 0.05) is 25.9 Å². The van der Waals surface area contributed by atoms with Gasteiger partial charge in [0.25, 0.3) is 0 Å². The van der Waals surface area contributed by atoms with Crippen LogP contribution in [0.2, 0.25) is 0 Å². The van der Waals surface area contributed by atoms with Gasteiger partial charge in [0.1, 0.15) is 5.82 Å². The van der Waals surface area contributed by atoms with Crippen molar-refractivity contribution in [2.45, 2.75) is 6.42 Å². The average Bonchev–Trinajstić information content (AvgIpc) is 2.14. The third-order valence-corrected chi connectivity index (χ3v) is 1.90. The molecule has 13 heavy (non-hydrogen) atoms. The molecule has 1 N–H and O–H groups in total. The zero-order chi connectivity index (χ0) is 9.68. The number of anilines is 1. The predicted octanol–water partition coefficient (Wildman–Crippen LogP) is 1.64. The Kier molecular flexibility index (Phi) is 3.71. The van der Waals surface area contributed by atoms with E-state index in [2.05, 4.69) is 0 Å². The Bertz CT molecular complexity index is 265. The third kappa shape index (κ3) is 3.03. The van der Waals surface area contributed by atoms with Crippen LogP contribution in [-0.2, 0) is 0 Å². The van der Waals surface area contributed by atoms with Crippen LogP contribution in [0.1, 0.15) is 6.42 Å². The van der Waals surface area contributed by atoms with Gasteiger partial charge in [0.05, 0.1) is 0 Å². The molecule has 0 spiro atoms. The zero-order valence-corrected chi connectivity index (χ0v) is 7.70. The first-order chi connectivity index (χ1) is 6.24. The molecule has 0 saturated heterocycles. The van der Waals surface area contributed by atoms with Crippen molar-refractivity contribution < 1.29 is 9.50 Å². The van der Waals surface area contributed by atoms with Crippen LogP contribution < -0.4 is 4.90 Å². The van der Waals surface area contributed by atoms with Crippen molar-refractivity contribution >= 4 is 5.69 Å². The molecule has 1 aromatic carbocycles. The van der Waals surface area contributed by atoms with Gasteiger partial charge in [0.15, 0.2) is 0 Å². The van der Waals surface area contributed by atoms with Crippen molar-refractivity contribution in [2.75, 3.05) is 25.1 Å². The van der Waals surface area contributed by atoms with E-state index in [1.165, 1.54) is 12.1 Å². The van der Waals surface area contributed by atoms with Gasteiger partial charge >= 0.3 is 0 Å². The monoisotopic (exact) mass is 183 g/mol. The van der Waals surface area contributed by atoms with E-state index in [0.29, 0.717) is 6.42 Å². The molecule has 0 amide bonds. The maximum Gasteiger partial charge on any atom is 0.125 e. The molecule has 72 valence electrons. The van der Waals surface area contributed by atoms with E-state index in [9.17, 15) is 4.39 Å². The highest BCUT2D eigenvalue weighted by molar-refractivity contribution is 5.45. The fourth-order valence-corrected chi connectivity index (χ4v) is 1.15. The zero-order valence-electron chi connectivity index (χ0n) is 7.70. The van der Waals surface area contributed by atoms with Crippen LogP contribution >= 0.6 is 0 Å². The minimum absolute atomic E-state index is 0.166. The Morgan fingerprint density at radius 1 is 1.46 bits per heavy atom. The van der Waals surface area contributed by atoms with Gasteiger partial charge in [0.2, 0.25) is 0 Å². The first-order valence-electron chi connectivity index (χ1n) is 4.31. The molecule has 3 heteroatoms. The second-order valence-corrected chi connectivity index (χ2v) is 2.98. The van der Waals surface area contributed by atoms with Crippen molar-refractivity contribution in [1.29, 1.82) is 0 Å². The second-order valence-electron chi connectivity index (χ2n) is 2.98. The first-order valence-corrected chi connectivity index (χ1v) is 4.31. The molecule has 0 aliphatic carbocycles. The van der Waals surface area contributed by atoms with Gasteiger partial charge in [-0.3, -0.25) is 0 Å². The van der Waals surface area contributed by atoms with Gasteiger partial charge < -0.3 is 10.0 Å². The Morgan fingerprint density at radius 3 is 2.85 bits per heavy atom. The van der Waals surface area contributed by atoms with Crippen LogP contribution in [0, 0.1) is 5.82 Å². The number of aliphatic hydroxyl groups excluding tert-OH is 1. The third-order valence-electron chi connectivity index (χ3n) is 1.90. The van der Waals surface area contributed by atoms with Crippen molar-refractivity contribution in [3.8, 4) is 0 Å². The number of rotatable bonds is 4. The number of hydrogen-bond acceptors (Lipinski definition) is 2. The number of halogens is 1. The van der Waals surface area contributed by atoms with Crippen LogP contribution in [0.25, 0.3) is 0 Å². The van der Waals surface area contributed by atoms with Gasteiger partial charge in [-0.1, -0.05) is 6.07 Å². The maximum absolute atomic E-state index is 12.8. The summed E-state index contributed by atoms with van der Waals surface area (Å²) in [5.74, 6) is -0.228. The molecule has 0 aliphatic heterocycles. The van der Waals surface area contributed by atoms with E-state index in [1.807, 2.05) is 18.0 Å². The van der Waals surface area contributed by atoms with Crippen LogP contribution in [0.4, 0.5) is 10.1 Å². The lowest BCUT2D eigenvalue weighted by Crippen LogP contribution is -2.19. The summed E-state index contributed by atoms with van der Waals surface area (Å²) in [4.78, 5) is 1.92. The molecule has 0 radical (unpaired) electrons. The van der Waals surface area contributed by atoms with E-state index in [4.69, 9.17) is 5.11 Å². The Morgan fingerprint density at radius 2 is 2.23 bits per heavy atom. The van der Waals surface area contributed by atoms with Gasteiger partial charge in [-0.25, -0.2) is 4.39 Å². The van der Waals surface area contributed by atoms with Crippen molar-refractivity contribution in [3.63, 3.8) is 0 Å². The topological polar surface area (TPSA) is 23.5 Å². The van der Waals surface area contributed by atoms with Crippen LogP contribution in [0.3, 0.4) is 0 Å². The van der Waals surface area contributed by atoms with E-state index in [1.54, 1.807) is 6.07 Å². The SMILES string of the molecule is CN(CCCO)c1cccc(F)c1. The van der Waals surface area contributed by atoms with Gasteiger partial charge in [-0.15, -0.1) is 0 Å². The Labute approximate surface area is 77.6 Å². The lowest BCUT2D eigenvalue weighted by Gasteiger charge is -2.18. The molecule has 0 atom stereocenters. The number of aliphatic hydroxyl groups is 1. The molecule has 0 heterocycles. The minimum Gasteiger partial charge on any atom is -0.396 e. The van der Waals surface area contributed by atoms with E-state index in [-0.39, 0.29) is 12.4 Å². The molecular weight excluding hydrogens is 169 g/mol. The summed E-state index contributed by atoms with van der Waals surface area (Å²) in [5.41, 5.74) is 0.841. The predicted molar refractivity (Wildman–Crippen MR) is 51.4 cm³/mol. The summed E-state index contributed by atoms with van der Waals surface area (Å²) >= 11 is 0. The smallest absolute Gasteiger partial charge is 0.125 e. The summed E-state index contributed by atoms with van der Waals surface area (Å²) in [6.07, 6.45) is 0.701. The Balaban J connectivity index is 2.60. The van der Waals surface area contributed by atoms with Crippen molar-refractivity contribution in [1.82, 2.24) is 0 Å². The number of benzene rings is 1. The molecule has 0 saturated carbocycles. The fraction of sp³-hybridized carbons (Fsp3) is 0.400. The van der Waals surface area contributed by atoms with E-state index < -0.39 is 0 Å². The largest absolute Gasteiger partial charge is 0.396 e. The molecular formula is C10H14FNO. The summed E-state index contributed by atoms with van der Waals surface area (Å²) in [5, 5.41) is 8.62.